The van der Waals surface area contributed by atoms with Gasteiger partial charge < -0.3 is 19.9 Å². The first-order chi connectivity index (χ1) is 12.9. The molecular weight excluding hydrogens is 324 g/mol. The Bertz CT molecular complexity index is 667. The number of ether oxygens (including phenoxy) is 1. The molecule has 1 saturated heterocycles. The van der Waals surface area contributed by atoms with Gasteiger partial charge in [0.1, 0.15) is 0 Å². The quantitative estimate of drug-likeness (QED) is 0.493. The van der Waals surface area contributed by atoms with Gasteiger partial charge in [0, 0.05) is 45.5 Å². The van der Waals surface area contributed by atoms with Gasteiger partial charge in [-0.3, -0.25) is 4.99 Å². The zero-order chi connectivity index (χ0) is 18.0. The molecule has 0 aromatic heterocycles. The van der Waals surface area contributed by atoms with E-state index in [9.17, 15) is 0 Å². The number of nitrogens with zero attached hydrogens (tertiary/aromatic N) is 3. The topological polar surface area (TPSA) is 40.1 Å². The summed E-state index contributed by atoms with van der Waals surface area (Å²) >= 11 is 0. The Labute approximate surface area is 156 Å². The summed E-state index contributed by atoms with van der Waals surface area (Å²) in [5.74, 6) is 0.959. The van der Waals surface area contributed by atoms with Gasteiger partial charge in [-0.2, -0.15) is 0 Å². The van der Waals surface area contributed by atoms with Crippen LogP contribution in [0.4, 0.5) is 5.69 Å². The van der Waals surface area contributed by atoms with Crippen LogP contribution < -0.4 is 10.2 Å². The van der Waals surface area contributed by atoms with E-state index in [1.807, 2.05) is 25.2 Å². The number of hydrogen-bond acceptors (Lipinski definition) is 3. The minimum Gasteiger partial charge on any atom is -0.375 e. The summed E-state index contributed by atoms with van der Waals surface area (Å²) in [6.45, 7) is 6.04. The molecule has 1 N–H and O–H groups in total. The van der Waals surface area contributed by atoms with E-state index in [1.165, 1.54) is 11.3 Å². The molecule has 2 aromatic carbocycles. The second kappa shape index (κ2) is 9.82. The minimum absolute atomic E-state index is 0.650. The lowest BCUT2D eigenvalue weighted by atomic mass is 10.2. The van der Waals surface area contributed by atoms with E-state index < -0.39 is 0 Å². The standard InChI is InChI=1S/C21H28N4O/c1-22-21(23-12-17-26-18-19-8-4-2-5-9-19)25-15-13-24(14-16-25)20-10-6-3-7-11-20/h2-11H,12-18H2,1H3,(H,22,23). The fourth-order valence-electron chi connectivity index (χ4n) is 3.15. The maximum atomic E-state index is 5.73. The Hall–Kier alpha value is -2.53. The molecule has 0 aliphatic carbocycles. The Morgan fingerprint density at radius 2 is 1.62 bits per heavy atom. The first-order valence-electron chi connectivity index (χ1n) is 9.24. The molecule has 0 radical (unpaired) electrons. The maximum Gasteiger partial charge on any atom is 0.193 e. The van der Waals surface area contributed by atoms with Crippen LogP contribution in [0.1, 0.15) is 5.56 Å². The molecule has 3 rings (SSSR count). The van der Waals surface area contributed by atoms with Gasteiger partial charge in [-0.1, -0.05) is 48.5 Å². The van der Waals surface area contributed by atoms with E-state index >= 15 is 0 Å². The highest BCUT2D eigenvalue weighted by Crippen LogP contribution is 2.15. The molecule has 1 fully saturated rings. The second-order valence-corrected chi connectivity index (χ2v) is 6.32. The third-order valence-corrected chi connectivity index (χ3v) is 4.55. The minimum atomic E-state index is 0.650. The second-order valence-electron chi connectivity index (χ2n) is 6.32. The Kier molecular flexibility index (Phi) is 6.90. The van der Waals surface area contributed by atoms with Crippen LogP contribution in [-0.2, 0) is 11.3 Å². The lowest BCUT2D eigenvalue weighted by Gasteiger charge is -2.37. The van der Waals surface area contributed by atoms with Crippen molar-refractivity contribution in [2.24, 2.45) is 4.99 Å². The van der Waals surface area contributed by atoms with Crippen molar-refractivity contribution >= 4 is 11.6 Å². The highest BCUT2D eigenvalue weighted by molar-refractivity contribution is 5.80. The van der Waals surface area contributed by atoms with Crippen LogP contribution in [0.2, 0.25) is 0 Å². The molecule has 0 bridgehead atoms. The average molecular weight is 352 g/mol. The van der Waals surface area contributed by atoms with Crippen molar-refractivity contribution in [2.75, 3.05) is 51.3 Å². The first kappa shape index (κ1) is 18.3. The van der Waals surface area contributed by atoms with Gasteiger partial charge in [-0.15, -0.1) is 0 Å². The van der Waals surface area contributed by atoms with Crippen molar-refractivity contribution in [3.05, 3.63) is 66.2 Å². The number of hydrogen-bond donors (Lipinski definition) is 1. The maximum absolute atomic E-state index is 5.73. The predicted octanol–water partition coefficient (Wildman–Crippen LogP) is 2.60. The van der Waals surface area contributed by atoms with Crippen LogP contribution in [0, 0.1) is 0 Å². The third-order valence-electron chi connectivity index (χ3n) is 4.55. The molecule has 1 aliphatic rings. The van der Waals surface area contributed by atoms with Gasteiger partial charge in [0.15, 0.2) is 5.96 Å². The van der Waals surface area contributed by atoms with Gasteiger partial charge in [0.25, 0.3) is 0 Å². The highest BCUT2D eigenvalue weighted by atomic mass is 16.5. The number of rotatable bonds is 6. The van der Waals surface area contributed by atoms with Crippen LogP contribution in [0.25, 0.3) is 0 Å². The number of guanidine groups is 1. The van der Waals surface area contributed by atoms with Gasteiger partial charge in [-0.25, -0.2) is 0 Å². The van der Waals surface area contributed by atoms with E-state index in [1.54, 1.807) is 0 Å². The molecule has 0 amide bonds. The van der Waals surface area contributed by atoms with E-state index in [4.69, 9.17) is 4.74 Å². The zero-order valence-corrected chi connectivity index (χ0v) is 15.5. The Balaban J connectivity index is 1.37. The molecule has 0 atom stereocenters. The van der Waals surface area contributed by atoms with E-state index in [2.05, 4.69) is 62.6 Å². The van der Waals surface area contributed by atoms with Gasteiger partial charge in [-0.05, 0) is 17.7 Å². The average Bonchev–Trinajstić information content (AvgIpc) is 2.72. The molecule has 0 unspecified atom stereocenters. The van der Waals surface area contributed by atoms with Crippen molar-refractivity contribution in [2.45, 2.75) is 6.61 Å². The predicted molar refractivity (Wildman–Crippen MR) is 108 cm³/mol. The van der Waals surface area contributed by atoms with Crippen LogP contribution in [-0.4, -0.2) is 57.2 Å². The normalized spacial score (nSPS) is 15.2. The van der Waals surface area contributed by atoms with E-state index in [0.717, 1.165) is 38.7 Å². The molecule has 1 aliphatic heterocycles. The fourth-order valence-corrected chi connectivity index (χ4v) is 3.15. The van der Waals surface area contributed by atoms with Crippen molar-refractivity contribution < 1.29 is 4.74 Å². The summed E-state index contributed by atoms with van der Waals surface area (Å²) in [5, 5.41) is 3.41. The molecule has 2 aromatic rings. The van der Waals surface area contributed by atoms with Crippen molar-refractivity contribution in [1.82, 2.24) is 10.2 Å². The summed E-state index contributed by atoms with van der Waals surface area (Å²) in [4.78, 5) is 9.16. The van der Waals surface area contributed by atoms with Crippen LogP contribution in [0.3, 0.4) is 0 Å². The Morgan fingerprint density at radius 1 is 0.962 bits per heavy atom. The first-order valence-corrected chi connectivity index (χ1v) is 9.24. The van der Waals surface area contributed by atoms with Gasteiger partial charge >= 0.3 is 0 Å². The largest absolute Gasteiger partial charge is 0.375 e. The smallest absolute Gasteiger partial charge is 0.193 e. The molecule has 0 saturated carbocycles. The SMILES string of the molecule is CN=C(NCCOCc1ccccc1)N1CCN(c2ccccc2)CC1. The van der Waals surface area contributed by atoms with E-state index in [-0.39, 0.29) is 0 Å². The van der Waals surface area contributed by atoms with Gasteiger partial charge in [0.2, 0.25) is 0 Å². The van der Waals surface area contributed by atoms with E-state index in [0.29, 0.717) is 13.2 Å². The summed E-state index contributed by atoms with van der Waals surface area (Å²) in [5.41, 5.74) is 2.50. The number of para-hydroxylation sites is 1. The molecule has 138 valence electrons. The monoisotopic (exact) mass is 352 g/mol. The van der Waals surface area contributed by atoms with Crippen molar-refractivity contribution in [3.8, 4) is 0 Å². The molecule has 1 heterocycles. The number of aliphatic imine (C=N–C) groups is 1. The summed E-state index contributed by atoms with van der Waals surface area (Å²) in [6, 6.07) is 20.9. The lowest BCUT2D eigenvalue weighted by molar-refractivity contribution is 0.125. The Morgan fingerprint density at radius 3 is 2.27 bits per heavy atom. The molecule has 0 spiro atoms. The molecular formula is C21H28N4O. The highest BCUT2D eigenvalue weighted by Gasteiger charge is 2.19. The van der Waals surface area contributed by atoms with Crippen LogP contribution in [0.5, 0.6) is 0 Å². The van der Waals surface area contributed by atoms with Crippen LogP contribution in [0.15, 0.2) is 65.7 Å². The third kappa shape index (κ3) is 5.23. The zero-order valence-electron chi connectivity index (χ0n) is 15.5. The summed E-state index contributed by atoms with van der Waals surface area (Å²) < 4.78 is 5.73. The summed E-state index contributed by atoms with van der Waals surface area (Å²) in [6.07, 6.45) is 0. The number of anilines is 1. The summed E-state index contributed by atoms with van der Waals surface area (Å²) in [7, 11) is 1.84. The van der Waals surface area contributed by atoms with Gasteiger partial charge in [0.05, 0.1) is 13.2 Å². The number of nitrogens with one attached hydrogen (secondary N) is 1. The van der Waals surface area contributed by atoms with Crippen molar-refractivity contribution in [3.63, 3.8) is 0 Å². The fraction of sp³-hybridized carbons (Fsp3) is 0.381. The van der Waals surface area contributed by atoms with Crippen molar-refractivity contribution in [1.29, 1.82) is 0 Å². The van der Waals surface area contributed by atoms with Crippen LogP contribution >= 0.6 is 0 Å². The lowest BCUT2D eigenvalue weighted by Crippen LogP contribution is -2.53. The number of benzene rings is 2. The number of piperazine rings is 1. The molecule has 5 nitrogen and oxygen atoms in total. The molecule has 5 heteroatoms. The molecule has 26 heavy (non-hydrogen) atoms.